The van der Waals surface area contributed by atoms with Gasteiger partial charge in [0.2, 0.25) is 0 Å². The van der Waals surface area contributed by atoms with Crippen molar-refractivity contribution in [3.05, 3.63) is 34.8 Å². The normalized spacial score (nSPS) is 10.5. The number of para-hydroxylation sites is 1. The number of nitrogens with zero attached hydrogens (tertiary/aromatic N) is 1. The number of aromatic nitrogens is 1. The molecule has 1 heterocycles. The van der Waals surface area contributed by atoms with Gasteiger partial charge in [-0.05, 0) is 18.6 Å². The summed E-state index contributed by atoms with van der Waals surface area (Å²) >= 11 is 6.05. The summed E-state index contributed by atoms with van der Waals surface area (Å²) < 4.78 is 5.36. The number of hydrogen-bond donors (Lipinski definition) is 1. The topological polar surface area (TPSA) is 22.1 Å². The van der Waals surface area contributed by atoms with Crippen LogP contribution in [0.5, 0.6) is 5.75 Å². The van der Waals surface area contributed by atoms with Crippen LogP contribution in [0.15, 0.2) is 24.3 Å². The Balaban J connectivity index is 2.49. The smallest absolute Gasteiger partial charge is 0.129 e. The van der Waals surface area contributed by atoms with Crippen LogP contribution in [0.25, 0.3) is 10.6 Å². The fraction of sp³-hybridized carbons (Fsp3) is 0.308. The quantitative estimate of drug-likeness (QED) is 0.849. The maximum atomic E-state index is 5.36. The predicted octanol–water partition coefficient (Wildman–Crippen LogP) is 3.81. The highest BCUT2D eigenvalue weighted by molar-refractivity contribution is 7.79. The highest BCUT2D eigenvalue weighted by Gasteiger charge is 2.13. The number of thiol groups is 1. The van der Waals surface area contributed by atoms with Crippen molar-refractivity contribution in [3.63, 3.8) is 0 Å². The molecule has 0 radical (unpaired) electrons. The summed E-state index contributed by atoms with van der Waals surface area (Å²) in [5, 5.41) is 1.02. The van der Waals surface area contributed by atoms with Gasteiger partial charge < -0.3 is 4.74 Å². The van der Waals surface area contributed by atoms with E-state index in [9.17, 15) is 0 Å². The monoisotopic (exact) mass is 265 g/mol. The number of aryl methyl sites for hydroxylation is 1. The first-order chi connectivity index (χ1) is 8.30. The highest BCUT2D eigenvalue weighted by Crippen LogP contribution is 2.34. The summed E-state index contributed by atoms with van der Waals surface area (Å²) in [4.78, 5) is 5.91. The molecule has 0 atom stereocenters. The summed E-state index contributed by atoms with van der Waals surface area (Å²) in [5.41, 5.74) is 2.20. The van der Waals surface area contributed by atoms with Gasteiger partial charge in [0, 0.05) is 10.6 Å². The van der Waals surface area contributed by atoms with Crippen molar-refractivity contribution in [3.8, 4) is 16.3 Å². The summed E-state index contributed by atoms with van der Waals surface area (Å²) in [6, 6.07) is 7.98. The van der Waals surface area contributed by atoms with Crippen molar-refractivity contribution in [2.24, 2.45) is 0 Å². The molecule has 0 fully saturated rings. The lowest BCUT2D eigenvalue weighted by Gasteiger charge is -2.04. The SMILES string of the molecule is CCc1nc(-c2ccccc2OC)sc1CS. The van der Waals surface area contributed by atoms with Gasteiger partial charge in [0.1, 0.15) is 10.8 Å². The second-order valence-corrected chi connectivity index (χ2v) is 5.00. The van der Waals surface area contributed by atoms with Crippen LogP contribution in [0.4, 0.5) is 0 Å². The van der Waals surface area contributed by atoms with Crippen molar-refractivity contribution in [1.82, 2.24) is 4.98 Å². The second kappa shape index (κ2) is 5.56. The van der Waals surface area contributed by atoms with Crippen molar-refractivity contribution in [2.75, 3.05) is 7.11 Å². The van der Waals surface area contributed by atoms with Crippen molar-refractivity contribution < 1.29 is 4.74 Å². The van der Waals surface area contributed by atoms with Gasteiger partial charge in [0.15, 0.2) is 0 Å². The third-order valence-electron chi connectivity index (χ3n) is 2.59. The summed E-state index contributed by atoms with van der Waals surface area (Å²) in [5.74, 6) is 1.62. The van der Waals surface area contributed by atoms with Crippen LogP contribution >= 0.6 is 24.0 Å². The number of rotatable bonds is 4. The molecule has 0 amide bonds. The molecule has 2 rings (SSSR count). The Bertz CT molecular complexity index is 486. The first-order valence-corrected chi connectivity index (χ1v) is 6.97. The molecule has 0 aliphatic carbocycles. The Morgan fingerprint density at radius 1 is 1.35 bits per heavy atom. The average molecular weight is 265 g/mol. The van der Waals surface area contributed by atoms with Crippen LogP contribution in [0.3, 0.4) is 0 Å². The molecular weight excluding hydrogens is 250 g/mol. The number of ether oxygens (including phenoxy) is 1. The molecule has 1 aromatic carbocycles. The third kappa shape index (κ3) is 2.48. The molecule has 4 heteroatoms. The maximum absolute atomic E-state index is 5.36. The largest absolute Gasteiger partial charge is 0.496 e. The number of benzene rings is 1. The second-order valence-electron chi connectivity index (χ2n) is 3.60. The lowest BCUT2D eigenvalue weighted by molar-refractivity contribution is 0.416. The molecular formula is C13H15NOS2. The van der Waals surface area contributed by atoms with Crippen LogP contribution in [0, 0.1) is 0 Å². The van der Waals surface area contributed by atoms with Gasteiger partial charge in [0.05, 0.1) is 18.4 Å². The van der Waals surface area contributed by atoms with Crippen molar-refractivity contribution in [1.29, 1.82) is 0 Å². The molecule has 0 N–H and O–H groups in total. The molecule has 90 valence electrons. The molecule has 2 aromatic rings. The molecule has 0 unspecified atom stereocenters. The van der Waals surface area contributed by atoms with Gasteiger partial charge in [-0.2, -0.15) is 12.6 Å². The molecule has 0 saturated carbocycles. The van der Waals surface area contributed by atoms with E-state index in [-0.39, 0.29) is 0 Å². The minimum absolute atomic E-state index is 0.746. The fourth-order valence-corrected chi connectivity index (χ4v) is 3.14. The van der Waals surface area contributed by atoms with E-state index in [0.29, 0.717) is 0 Å². The first kappa shape index (κ1) is 12.5. The van der Waals surface area contributed by atoms with Gasteiger partial charge >= 0.3 is 0 Å². The van der Waals surface area contributed by atoms with E-state index in [0.717, 1.165) is 34.2 Å². The van der Waals surface area contributed by atoms with Crippen molar-refractivity contribution >= 4 is 24.0 Å². The predicted molar refractivity (Wildman–Crippen MR) is 76.2 cm³/mol. The molecule has 0 aliphatic heterocycles. The highest BCUT2D eigenvalue weighted by atomic mass is 32.1. The van der Waals surface area contributed by atoms with Crippen LogP contribution in [-0.2, 0) is 12.2 Å². The Morgan fingerprint density at radius 3 is 2.71 bits per heavy atom. The summed E-state index contributed by atoms with van der Waals surface area (Å²) in [6.07, 6.45) is 0.946. The summed E-state index contributed by atoms with van der Waals surface area (Å²) in [6.45, 7) is 2.12. The minimum Gasteiger partial charge on any atom is -0.496 e. The molecule has 2 nitrogen and oxygen atoms in total. The van der Waals surface area contributed by atoms with Gasteiger partial charge in [-0.25, -0.2) is 4.98 Å². The van der Waals surface area contributed by atoms with E-state index in [1.807, 2.05) is 24.3 Å². The minimum atomic E-state index is 0.746. The lowest BCUT2D eigenvalue weighted by atomic mass is 10.2. The lowest BCUT2D eigenvalue weighted by Crippen LogP contribution is -1.88. The summed E-state index contributed by atoms with van der Waals surface area (Å²) in [7, 11) is 1.69. The number of hydrogen-bond acceptors (Lipinski definition) is 4. The van der Waals surface area contributed by atoms with E-state index in [1.54, 1.807) is 18.4 Å². The molecule has 0 saturated heterocycles. The zero-order valence-electron chi connectivity index (χ0n) is 9.93. The van der Waals surface area contributed by atoms with E-state index in [1.165, 1.54) is 4.88 Å². The Labute approximate surface area is 111 Å². The van der Waals surface area contributed by atoms with Crippen LogP contribution < -0.4 is 4.74 Å². The van der Waals surface area contributed by atoms with Gasteiger partial charge in [-0.15, -0.1) is 11.3 Å². The van der Waals surface area contributed by atoms with Crippen LogP contribution in [0.1, 0.15) is 17.5 Å². The first-order valence-electron chi connectivity index (χ1n) is 5.53. The van der Waals surface area contributed by atoms with Crippen LogP contribution in [0.2, 0.25) is 0 Å². The van der Waals surface area contributed by atoms with Gasteiger partial charge in [-0.3, -0.25) is 0 Å². The maximum Gasteiger partial charge on any atom is 0.129 e. The van der Waals surface area contributed by atoms with Gasteiger partial charge in [0.25, 0.3) is 0 Å². The third-order valence-corrected chi connectivity index (χ3v) is 4.26. The Kier molecular flexibility index (Phi) is 4.07. The molecule has 0 spiro atoms. The molecule has 0 aliphatic rings. The number of thiazole rings is 1. The fourth-order valence-electron chi connectivity index (χ4n) is 1.72. The number of methoxy groups -OCH3 is 1. The van der Waals surface area contributed by atoms with E-state index >= 15 is 0 Å². The standard InChI is InChI=1S/C13H15NOS2/c1-3-10-12(8-16)17-13(14-10)9-6-4-5-7-11(9)15-2/h4-7,16H,3,8H2,1-2H3. The van der Waals surface area contributed by atoms with E-state index in [4.69, 9.17) is 4.74 Å². The zero-order chi connectivity index (χ0) is 12.3. The van der Waals surface area contributed by atoms with Crippen molar-refractivity contribution in [2.45, 2.75) is 19.1 Å². The Hall–Kier alpha value is -1.00. The molecule has 1 aromatic heterocycles. The van der Waals surface area contributed by atoms with E-state index in [2.05, 4.69) is 24.5 Å². The molecule has 0 bridgehead atoms. The molecule has 17 heavy (non-hydrogen) atoms. The zero-order valence-corrected chi connectivity index (χ0v) is 11.6. The average Bonchev–Trinajstić information content (AvgIpc) is 2.81. The van der Waals surface area contributed by atoms with Crippen LogP contribution in [-0.4, -0.2) is 12.1 Å². The Morgan fingerprint density at radius 2 is 2.12 bits per heavy atom. The van der Waals surface area contributed by atoms with E-state index < -0.39 is 0 Å². The van der Waals surface area contributed by atoms with Gasteiger partial charge in [-0.1, -0.05) is 19.1 Å².